The highest BCUT2D eigenvalue weighted by molar-refractivity contribution is 5.99. The van der Waals surface area contributed by atoms with E-state index in [-0.39, 0.29) is 17.9 Å². The van der Waals surface area contributed by atoms with Crippen LogP contribution in [0.25, 0.3) is 10.9 Å². The number of ether oxygens (including phenoxy) is 1. The number of amides is 2. The molecule has 1 N–H and O–H groups in total. The van der Waals surface area contributed by atoms with Crippen LogP contribution in [-0.4, -0.2) is 70.5 Å². The van der Waals surface area contributed by atoms with Gasteiger partial charge in [0.2, 0.25) is 11.8 Å². The Kier molecular flexibility index (Phi) is 8.18. The minimum Gasteiger partial charge on any atom is -0.373 e. The van der Waals surface area contributed by atoms with Gasteiger partial charge in [0.05, 0.1) is 12.7 Å². The fourth-order valence-corrected chi connectivity index (χ4v) is 6.99. The zero-order chi connectivity index (χ0) is 28.4. The fraction of sp³-hybridized carbons (Fsp3) is 0.529. The largest absolute Gasteiger partial charge is 0.373 e. The molecule has 3 aromatic rings. The minimum absolute atomic E-state index is 0.0154. The molecule has 41 heavy (non-hydrogen) atoms. The van der Waals surface area contributed by atoms with Gasteiger partial charge in [-0.3, -0.25) is 14.5 Å². The Morgan fingerprint density at radius 2 is 1.73 bits per heavy atom. The molecule has 2 aliphatic heterocycles. The number of aromatic nitrogens is 1. The van der Waals surface area contributed by atoms with Crippen molar-refractivity contribution in [3.8, 4) is 0 Å². The van der Waals surface area contributed by atoms with Crippen LogP contribution in [0.3, 0.4) is 0 Å². The molecule has 3 aliphatic rings. The Bertz CT molecular complexity index is 1360. The highest BCUT2D eigenvalue weighted by Crippen LogP contribution is 2.34. The van der Waals surface area contributed by atoms with E-state index in [9.17, 15) is 9.59 Å². The Labute approximate surface area is 243 Å². The second kappa shape index (κ2) is 12.0. The van der Waals surface area contributed by atoms with E-state index in [1.807, 2.05) is 0 Å². The van der Waals surface area contributed by atoms with Gasteiger partial charge in [0, 0.05) is 55.4 Å². The first-order valence-electron chi connectivity index (χ1n) is 15.5. The molecule has 3 fully saturated rings. The van der Waals surface area contributed by atoms with Crippen molar-refractivity contribution >= 4 is 22.7 Å². The van der Waals surface area contributed by atoms with Crippen LogP contribution in [0, 0.1) is 5.92 Å². The number of para-hydroxylation sites is 1. The summed E-state index contributed by atoms with van der Waals surface area (Å²) in [6.07, 6.45) is 9.58. The second-order valence-electron chi connectivity index (χ2n) is 12.8. The number of benzene rings is 2. The van der Waals surface area contributed by atoms with Crippen molar-refractivity contribution < 1.29 is 14.3 Å². The van der Waals surface area contributed by atoms with Gasteiger partial charge in [-0.2, -0.15) is 0 Å². The maximum Gasteiger partial charge on any atom is 0.248 e. The number of rotatable bonds is 9. The first-order chi connectivity index (χ1) is 19.9. The molecule has 3 heterocycles. The number of fused-ring (bicyclic) bond motifs is 2. The van der Waals surface area contributed by atoms with Crippen LogP contribution in [-0.2, 0) is 20.9 Å². The molecule has 218 valence electrons. The first kappa shape index (κ1) is 28.0. The Hall–Kier alpha value is -3.16. The quantitative estimate of drug-likeness (QED) is 0.397. The molecular weight excluding hydrogens is 512 g/mol. The number of nitrogens with one attached hydrogen (secondary N) is 1. The minimum atomic E-state index is -0.832. The van der Waals surface area contributed by atoms with Gasteiger partial charge in [-0.05, 0) is 50.7 Å². The first-order valence-corrected chi connectivity index (χ1v) is 15.5. The van der Waals surface area contributed by atoms with Gasteiger partial charge in [-0.25, -0.2) is 0 Å². The van der Waals surface area contributed by atoms with Crippen LogP contribution in [0.2, 0.25) is 0 Å². The van der Waals surface area contributed by atoms with Crippen molar-refractivity contribution in [2.24, 2.45) is 5.92 Å². The normalized spacial score (nSPS) is 22.5. The number of piperazine rings is 2. The van der Waals surface area contributed by atoms with Crippen molar-refractivity contribution in [1.29, 1.82) is 0 Å². The average Bonchev–Trinajstić information content (AvgIpc) is 3.35. The molecule has 2 unspecified atom stereocenters. The van der Waals surface area contributed by atoms with Gasteiger partial charge in [-0.15, -0.1) is 0 Å². The topological polar surface area (TPSA) is 66.8 Å². The summed E-state index contributed by atoms with van der Waals surface area (Å²) in [5, 5.41) is 4.18. The monoisotopic (exact) mass is 556 g/mol. The summed E-state index contributed by atoms with van der Waals surface area (Å²) in [5.41, 5.74) is 2.92. The van der Waals surface area contributed by atoms with Gasteiger partial charge >= 0.3 is 0 Å². The molecule has 7 nitrogen and oxygen atoms in total. The third kappa shape index (κ3) is 6.07. The van der Waals surface area contributed by atoms with E-state index in [1.165, 1.54) is 54.1 Å². The van der Waals surface area contributed by atoms with Crippen molar-refractivity contribution in [2.45, 2.75) is 76.6 Å². The number of hydrogen-bond acceptors (Lipinski definition) is 4. The van der Waals surface area contributed by atoms with Gasteiger partial charge in [0.1, 0.15) is 11.6 Å². The van der Waals surface area contributed by atoms with Gasteiger partial charge in [0.15, 0.2) is 0 Å². The lowest BCUT2D eigenvalue weighted by Gasteiger charge is -2.48. The lowest BCUT2D eigenvalue weighted by molar-refractivity contribution is -0.157. The maximum atomic E-state index is 12.9. The molecule has 2 atom stereocenters. The van der Waals surface area contributed by atoms with E-state index in [4.69, 9.17) is 4.74 Å². The fourth-order valence-electron chi connectivity index (χ4n) is 6.99. The molecular formula is C34H44N4O3. The standard InChI is InChI=1S/C34H44N4O3/c1-34(2)33(40)38-20-19-36(23-30(38)32(39)35-34)18-17-31(41-24-26-13-7-4-8-14-26)28-22-37(21-25-11-5-3-6-12-25)29-16-10-9-15-27(28)29/h3,5-6,9-12,15-16,22,26,30-31H,4,7-8,13-14,17-21,23-24H2,1-2H3,(H,35,39). The second-order valence-corrected chi connectivity index (χ2v) is 12.8. The molecule has 2 amide bonds. The molecule has 2 saturated heterocycles. The predicted octanol–water partition coefficient (Wildman–Crippen LogP) is 5.14. The molecule has 1 aromatic heterocycles. The lowest BCUT2D eigenvalue weighted by atomic mass is 9.90. The van der Waals surface area contributed by atoms with Gasteiger partial charge in [0.25, 0.3) is 0 Å². The predicted molar refractivity (Wildman–Crippen MR) is 162 cm³/mol. The molecule has 6 rings (SSSR count). The summed E-state index contributed by atoms with van der Waals surface area (Å²) in [4.78, 5) is 30.0. The molecule has 1 aliphatic carbocycles. The van der Waals surface area contributed by atoms with Gasteiger partial charge in [-0.1, -0.05) is 67.8 Å². The molecule has 1 saturated carbocycles. The molecule has 7 heteroatoms. The van der Waals surface area contributed by atoms with E-state index < -0.39 is 11.6 Å². The van der Waals surface area contributed by atoms with Crippen molar-refractivity contribution in [3.05, 3.63) is 71.9 Å². The van der Waals surface area contributed by atoms with Crippen LogP contribution in [0.4, 0.5) is 0 Å². The van der Waals surface area contributed by atoms with Crippen LogP contribution in [0.5, 0.6) is 0 Å². The molecule has 0 radical (unpaired) electrons. The maximum absolute atomic E-state index is 12.9. The SMILES string of the molecule is CC1(C)NC(=O)C2CN(CCC(OCC3CCCCC3)c3cn(Cc4ccccc4)c4ccccc34)CCN2C1=O. The van der Waals surface area contributed by atoms with Crippen LogP contribution >= 0.6 is 0 Å². The van der Waals surface area contributed by atoms with Crippen molar-refractivity contribution in [2.75, 3.05) is 32.8 Å². The van der Waals surface area contributed by atoms with Crippen LogP contribution < -0.4 is 5.32 Å². The van der Waals surface area contributed by atoms with Gasteiger partial charge < -0.3 is 19.5 Å². The highest BCUT2D eigenvalue weighted by atomic mass is 16.5. The van der Waals surface area contributed by atoms with E-state index in [0.717, 1.165) is 32.7 Å². The number of carbonyl (C=O) groups excluding carboxylic acids is 2. The highest BCUT2D eigenvalue weighted by Gasteiger charge is 2.47. The van der Waals surface area contributed by atoms with Crippen molar-refractivity contribution in [3.63, 3.8) is 0 Å². The lowest BCUT2D eigenvalue weighted by Crippen LogP contribution is -2.72. The summed E-state index contributed by atoms with van der Waals surface area (Å²) in [6, 6.07) is 18.9. The summed E-state index contributed by atoms with van der Waals surface area (Å²) in [6.45, 7) is 7.95. The third-order valence-electron chi connectivity index (χ3n) is 9.33. The van der Waals surface area contributed by atoms with E-state index in [1.54, 1.807) is 18.7 Å². The Morgan fingerprint density at radius 1 is 0.976 bits per heavy atom. The van der Waals surface area contributed by atoms with Crippen LogP contribution in [0.1, 0.15) is 69.6 Å². The number of carbonyl (C=O) groups is 2. The molecule has 2 aromatic carbocycles. The average molecular weight is 557 g/mol. The smallest absolute Gasteiger partial charge is 0.248 e. The summed E-state index contributed by atoms with van der Waals surface area (Å²) in [5.74, 6) is 0.600. The van der Waals surface area contributed by atoms with E-state index in [0.29, 0.717) is 19.0 Å². The zero-order valence-electron chi connectivity index (χ0n) is 24.6. The summed E-state index contributed by atoms with van der Waals surface area (Å²) in [7, 11) is 0. The number of nitrogens with zero attached hydrogens (tertiary/aromatic N) is 3. The molecule has 0 spiro atoms. The zero-order valence-corrected chi connectivity index (χ0v) is 24.6. The van der Waals surface area contributed by atoms with Crippen molar-refractivity contribution in [1.82, 2.24) is 19.7 Å². The molecule has 0 bridgehead atoms. The summed E-state index contributed by atoms with van der Waals surface area (Å²) >= 11 is 0. The summed E-state index contributed by atoms with van der Waals surface area (Å²) < 4.78 is 9.18. The Morgan fingerprint density at radius 3 is 2.54 bits per heavy atom. The van der Waals surface area contributed by atoms with E-state index >= 15 is 0 Å². The van der Waals surface area contributed by atoms with E-state index in [2.05, 4.69) is 75.6 Å². The van der Waals surface area contributed by atoms with Crippen LogP contribution in [0.15, 0.2) is 60.8 Å². The Balaban J connectivity index is 1.21. The number of hydrogen-bond donors (Lipinski definition) is 1. The third-order valence-corrected chi connectivity index (χ3v) is 9.33.